The van der Waals surface area contributed by atoms with E-state index in [0.717, 1.165) is 5.56 Å². The summed E-state index contributed by atoms with van der Waals surface area (Å²) >= 11 is 0. The summed E-state index contributed by atoms with van der Waals surface area (Å²) in [5.74, 6) is -0.466. The lowest BCUT2D eigenvalue weighted by Gasteiger charge is -2.11. The summed E-state index contributed by atoms with van der Waals surface area (Å²) in [6, 6.07) is 8.71. The Labute approximate surface area is 130 Å². The van der Waals surface area contributed by atoms with Gasteiger partial charge in [-0.15, -0.1) is 0 Å². The first-order valence-corrected chi connectivity index (χ1v) is 7.11. The van der Waals surface area contributed by atoms with Gasteiger partial charge in [0.25, 0.3) is 0 Å². The van der Waals surface area contributed by atoms with Crippen LogP contribution < -0.4 is 11.1 Å². The van der Waals surface area contributed by atoms with Gasteiger partial charge in [-0.05, 0) is 18.4 Å². The molecule has 0 bridgehead atoms. The molecule has 1 atom stereocenters. The van der Waals surface area contributed by atoms with Crippen LogP contribution in [-0.4, -0.2) is 31.3 Å². The van der Waals surface area contributed by atoms with Gasteiger partial charge in [-0.3, -0.25) is 4.79 Å². The molecule has 0 radical (unpaired) electrons. The number of nitrogens with one attached hydrogen (secondary N) is 1. The zero-order chi connectivity index (χ0) is 16.2. The molecule has 1 aromatic rings. The van der Waals surface area contributed by atoms with E-state index in [4.69, 9.17) is 15.2 Å². The molecule has 22 heavy (non-hydrogen) atoms. The number of amides is 1. The van der Waals surface area contributed by atoms with Crippen molar-refractivity contribution in [3.05, 3.63) is 48.6 Å². The molecule has 0 heterocycles. The zero-order valence-corrected chi connectivity index (χ0v) is 12.5. The van der Waals surface area contributed by atoms with Gasteiger partial charge in [-0.1, -0.05) is 43.0 Å². The molecule has 0 unspecified atom stereocenters. The van der Waals surface area contributed by atoms with Gasteiger partial charge in [-0.2, -0.15) is 0 Å². The van der Waals surface area contributed by atoms with Crippen molar-refractivity contribution in [2.24, 2.45) is 5.73 Å². The Bertz CT molecular complexity index is 476. The molecule has 0 saturated carbocycles. The molecule has 0 fully saturated rings. The minimum absolute atomic E-state index is 0.149. The van der Waals surface area contributed by atoms with E-state index in [9.17, 15) is 9.59 Å². The number of carbonyl (C=O) groups excluding carboxylic acids is 2. The van der Waals surface area contributed by atoms with Crippen molar-refractivity contribution < 1.29 is 19.1 Å². The summed E-state index contributed by atoms with van der Waals surface area (Å²) in [6.45, 7) is 4.20. The maximum absolute atomic E-state index is 11.5. The number of esters is 1. The summed E-state index contributed by atoms with van der Waals surface area (Å²) in [5.41, 5.74) is 6.58. The van der Waals surface area contributed by atoms with Crippen molar-refractivity contribution in [3.63, 3.8) is 0 Å². The number of hydrogen-bond acceptors (Lipinski definition) is 5. The normalized spacial score (nSPS) is 11.3. The van der Waals surface area contributed by atoms with Crippen LogP contribution in [0.3, 0.4) is 0 Å². The highest BCUT2D eigenvalue weighted by Crippen LogP contribution is 2.01. The third-order valence-corrected chi connectivity index (χ3v) is 2.82. The molecule has 1 amide bonds. The summed E-state index contributed by atoms with van der Waals surface area (Å²) in [7, 11) is 0. The van der Waals surface area contributed by atoms with Crippen molar-refractivity contribution in [2.75, 3.05) is 13.2 Å². The molecule has 0 aliphatic rings. The molecule has 0 aliphatic heterocycles. The van der Waals surface area contributed by atoms with Crippen LogP contribution in [-0.2, 0) is 20.9 Å². The largest absolute Gasteiger partial charge is 0.460 e. The second-order valence-corrected chi connectivity index (χ2v) is 4.66. The van der Waals surface area contributed by atoms with Crippen molar-refractivity contribution in [3.8, 4) is 0 Å². The Morgan fingerprint density at radius 3 is 2.68 bits per heavy atom. The van der Waals surface area contributed by atoms with Gasteiger partial charge in [0.1, 0.15) is 19.3 Å². The van der Waals surface area contributed by atoms with Crippen molar-refractivity contribution >= 4 is 12.1 Å². The molecule has 0 spiro atoms. The van der Waals surface area contributed by atoms with E-state index in [1.54, 1.807) is 0 Å². The van der Waals surface area contributed by atoms with E-state index >= 15 is 0 Å². The number of benzene rings is 1. The second kappa shape index (κ2) is 10.4. The standard InChI is InChI=1S/C16H22N2O4/c1-2-11-21-15(19)14(17)9-6-10-18-16(20)22-12-13-7-4-3-5-8-13/h2-5,7-8,14H,1,6,9-12,17H2,(H,18,20)/t14-/m1/s1. The first-order valence-electron chi connectivity index (χ1n) is 7.11. The quantitative estimate of drug-likeness (QED) is 0.412. The third kappa shape index (κ3) is 7.44. The molecular weight excluding hydrogens is 284 g/mol. The van der Waals surface area contributed by atoms with Gasteiger partial charge < -0.3 is 20.5 Å². The van der Waals surface area contributed by atoms with Crippen molar-refractivity contribution in [1.82, 2.24) is 5.32 Å². The van der Waals surface area contributed by atoms with Gasteiger partial charge in [0.05, 0.1) is 0 Å². The fourth-order valence-corrected chi connectivity index (χ4v) is 1.65. The lowest BCUT2D eigenvalue weighted by atomic mass is 10.2. The Hall–Kier alpha value is -2.34. The van der Waals surface area contributed by atoms with Crippen molar-refractivity contribution in [1.29, 1.82) is 0 Å². The maximum atomic E-state index is 11.5. The molecule has 0 aliphatic carbocycles. The predicted molar refractivity (Wildman–Crippen MR) is 83.0 cm³/mol. The lowest BCUT2D eigenvalue weighted by Crippen LogP contribution is -2.33. The number of carbonyl (C=O) groups is 2. The van der Waals surface area contributed by atoms with Crippen LogP contribution in [0.2, 0.25) is 0 Å². The predicted octanol–water partition coefficient (Wildman–Crippen LogP) is 1.75. The Morgan fingerprint density at radius 2 is 2.00 bits per heavy atom. The monoisotopic (exact) mass is 306 g/mol. The second-order valence-electron chi connectivity index (χ2n) is 4.66. The van der Waals surface area contributed by atoms with E-state index < -0.39 is 18.1 Å². The summed E-state index contributed by atoms with van der Waals surface area (Å²) < 4.78 is 9.88. The molecule has 6 nitrogen and oxygen atoms in total. The summed E-state index contributed by atoms with van der Waals surface area (Å²) in [4.78, 5) is 22.9. The molecule has 1 aromatic carbocycles. The SMILES string of the molecule is C=CCOC(=O)[C@H](N)CCCNC(=O)OCc1ccccc1. The van der Waals surface area contributed by atoms with Crippen LogP contribution in [0.4, 0.5) is 4.79 Å². The molecule has 1 rings (SSSR count). The van der Waals surface area contributed by atoms with Gasteiger partial charge in [0, 0.05) is 6.54 Å². The Morgan fingerprint density at radius 1 is 1.27 bits per heavy atom. The summed E-state index contributed by atoms with van der Waals surface area (Å²) in [5, 5.41) is 2.61. The van der Waals surface area contributed by atoms with Crippen molar-refractivity contribution in [2.45, 2.75) is 25.5 Å². The lowest BCUT2D eigenvalue weighted by molar-refractivity contribution is -0.144. The smallest absolute Gasteiger partial charge is 0.407 e. The minimum atomic E-state index is -0.693. The number of rotatable bonds is 9. The van der Waals surface area contributed by atoms with Gasteiger partial charge in [-0.25, -0.2) is 4.79 Å². The molecular formula is C16H22N2O4. The number of alkyl carbamates (subject to hydrolysis) is 1. The Kier molecular flexibility index (Phi) is 8.37. The van der Waals surface area contributed by atoms with Gasteiger partial charge in [0.2, 0.25) is 0 Å². The van der Waals surface area contributed by atoms with Crippen LogP contribution in [0.15, 0.2) is 43.0 Å². The van der Waals surface area contributed by atoms with E-state index in [1.165, 1.54) is 6.08 Å². The molecule has 120 valence electrons. The van der Waals surface area contributed by atoms with Crippen LogP contribution in [0.5, 0.6) is 0 Å². The number of ether oxygens (including phenoxy) is 2. The number of nitrogens with two attached hydrogens (primary N) is 1. The molecule has 6 heteroatoms. The van der Waals surface area contributed by atoms with Crippen LogP contribution >= 0.6 is 0 Å². The van der Waals surface area contributed by atoms with E-state index in [-0.39, 0.29) is 13.2 Å². The molecule has 3 N–H and O–H groups in total. The van der Waals surface area contributed by atoms with Crippen LogP contribution in [0.25, 0.3) is 0 Å². The van der Waals surface area contributed by atoms with E-state index in [0.29, 0.717) is 19.4 Å². The minimum Gasteiger partial charge on any atom is -0.460 e. The molecule has 0 aromatic heterocycles. The van der Waals surface area contributed by atoms with Crippen LogP contribution in [0, 0.1) is 0 Å². The fourth-order valence-electron chi connectivity index (χ4n) is 1.65. The van der Waals surface area contributed by atoms with E-state index in [1.807, 2.05) is 30.3 Å². The maximum Gasteiger partial charge on any atom is 0.407 e. The third-order valence-electron chi connectivity index (χ3n) is 2.82. The Balaban J connectivity index is 2.09. The average Bonchev–Trinajstić information content (AvgIpc) is 2.55. The van der Waals surface area contributed by atoms with E-state index in [2.05, 4.69) is 11.9 Å². The summed E-state index contributed by atoms with van der Waals surface area (Å²) in [6.07, 6.45) is 1.97. The topological polar surface area (TPSA) is 90.6 Å². The van der Waals surface area contributed by atoms with Gasteiger partial charge >= 0.3 is 12.1 Å². The van der Waals surface area contributed by atoms with Crippen LogP contribution in [0.1, 0.15) is 18.4 Å². The highest BCUT2D eigenvalue weighted by atomic mass is 16.5. The number of hydrogen-bond donors (Lipinski definition) is 2. The average molecular weight is 306 g/mol. The molecule has 0 saturated heterocycles. The highest BCUT2D eigenvalue weighted by Gasteiger charge is 2.14. The first-order chi connectivity index (χ1) is 10.6. The van der Waals surface area contributed by atoms with Gasteiger partial charge in [0.15, 0.2) is 0 Å². The zero-order valence-electron chi connectivity index (χ0n) is 12.5. The first kappa shape index (κ1) is 17.7. The fraction of sp³-hybridized carbons (Fsp3) is 0.375. The highest BCUT2D eigenvalue weighted by molar-refractivity contribution is 5.75.